The maximum absolute atomic E-state index is 12.4. The molecule has 0 atom stereocenters. The number of anilines is 2. The second kappa shape index (κ2) is 9.92. The van der Waals surface area contributed by atoms with Gasteiger partial charge in [0.25, 0.3) is 5.91 Å². The van der Waals surface area contributed by atoms with Gasteiger partial charge in [-0.3, -0.25) is 4.79 Å². The predicted octanol–water partition coefficient (Wildman–Crippen LogP) is 5.40. The minimum atomic E-state index is -0.121. The third-order valence-corrected chi connectivity index (χ3v) is 6.66. The van der Waals surface area contributed by atoms with E-state index in [-0.39, 0.29) is 5.91 Å². The lowest BCUT2D eigenvalue weighted by Gasteiger charge is -2.29. The van der Waals surface area contributed by atoms with Crippen LogP contribution in [0.2, 0.25) is 10.0 Å². The molecule has 0 radical (unpaired) electrons. The zero-order valence-electron chi connectivity index (χ0n) is 18.2. The largest absolute Gasteiger partial charge is 0.362 e. The van der Waals surface area contributed by atoms with E-state index < -0.39 is 0 Å². The Labute approximate surface area is 198 Å². The van der Waals surface area contributed by atoms with Crippen LogP contribution in [0, 0.1) is 5.92 Å². The zero-order valence-corrected chi connectivity index (χ0v) is 19.7. The van der Waals surface area contributed by atoms with Gasteiger partial charge in [0.1, 0.15) is 5.82 Å². The summed E-state index contributed by atoms with van der Waals surface area (Å²) in [7, 11) is 3.99. The Balaban J connectivity index is 1.31. The normalized spacial score (nSPS) is 18.4. The SMILES string of the molecule is CN(C)c1nc(N[C@H]2CC[C@@H](CNC(=O)c3ccc(Cl)c(Cl)c3)CC2)nc2ccccc12. The summed E-state index contributed by atoms with van der Waals surface area (Å²) in [6.45, 7) is 0.656. The summed E-state index contributed by atoms with van der Waals surface area (Å²) in [4.78, 5) is 23.9. The summed E-state index contributed by atoms with van der Waals surface area (Å²) in [5, 5.41) is 8.44. The highest BCUT2D eigenvalue weighted by atomic mass is 35.5. The van der Waals surface area contributed by atoms with Crippen LogP contribution in [0.15, 0.2) is 42.5 Å². The first-order valence-electron chi connectivity index (χ1n) is 10.8. The van der Waals surface area contributed by atoms with E-state index in [1.807, 2.05) is 43.3 Å². The fourth-order valence-electron chi connectivity index (χ4n) is 4.14. The number of nitrogens with zero attached hydrogens (tertiary/aromatic N) is 3. The van der Waals surface area contributed by atoms with Crippen LogP contribution < -0.4 is 15.5 Å². The highest BCUT2D eigenvalue weighted by Crippen LogP contribution is 2.28. The number of aromatic nitrogens is 2. The van der Waals surface area contributed by atoms with Gasteiger partial charge in [0, 0.05) is 37.6 Å². The van der Waals surface area contributed by atoms with E-state index in [9.17, 15) is 4.79 Å². The van der Waals surface area contributed by atoms with Gasteiger partial charge in [-0.25, -0.2) is 4.98 Å². The molecule has 0 unspecified atom stereocenters. The molecule has 3 aromatic rings. The van der Waals surface area contributed by atoms with Gasteiger partial charge in [0.15, 0.2) is 0 Å². The molecule has 0 aliphatic heterocycles. The van der Waals surface area contributed by atoms with Crippen molar-refractivity contribution in [2.45, 2.75) is 31.7 Å². The fourth-order valence-corrected chi connectivity index (χ4v) is 4.43. The Hall–Kier alpha value is -2.57. The van der Waals surface area contributed by atoms with E-state index in [0.29, 0.717) is 40.1 Å². The van der Waals surface area contributed by atoms with E-state index in [1.165, 1.54) is 0 Å². The maximum Gasteiger partial charge on any atom is 0.251 e. The number of fused-ring (bicyclic) bond motifs is 1. The Morgan fingerprint density at radius 2 is 1.78 bits per heavy atom. The minimum Gasteiger partial charge on any atom is -0.362 e. The third-order valence-electron chi connectivity index (χ3n) is 5.92. The van der Waals surface area contributed by atoms with Crippen molar-refractivity contribution >= 4 is 51.8 Å². The molecule has 1 amide bonds. The highest BCUT2D eigenvalue weighted by molar-refractivity contribution is 6.42. The number of hydrogen-bond acceptors (Lipinski definition) is 5. The van der Waals surface area contributed by atoms with Gasteiger partial charge in [0.2, 0.25) is 5.95 Å². The molecule has 0 spiro atoms. The predicted molar refractivity (Wildman–Crippen MR) is 132 cm³/mol. The van der Waals surface area contributed by atoms with Gasteiger partial charge in [-0.1, -0.05) is 35.3 Å². The third kappa shape index (κ3) is 5.25. The smallest absolute Gasteiger partial charge is 0.251 e. The van der Waals surface area contributed by atoms with Crippen LogP contribution in [-0.2, 0) is 0 Å². The Morgan fingerprint density at radius 1 is 1.03 bits per heavy atom. The number of halogens is 2. The van der Waals surface area contributed by atoms with Crippen molar-refractivity contribution in [2.75, 3.05) is 30.9 Å². The molecule has 1 aromatic heterocycles. The van der Waals surface area contributed by atoms with Crippen LogP contribution in [0.3, 0.4) is 0 Å². The topological polar surface area (TPSA) is 70.2 Å². The molecule has 2 aromatic carbocycles. The average Bonchev–Trinajstić information content (AvgIpc) is 2.79. The van der Waals surface area contributed by atoms with E-state index in [0.717, 1.165) is 42.4 Å². The quantitative estimate of drug-likeness (QED) is 0.503. The molecule has 1 heterocycles. The lowest BCUT2D eigenvalue weighted by molar-refractivity contribution is 0.0943. The van der Waals surface area contributed by atoms with E-state index in [2.05, 4.69) is 10.6 Å². The van der Waals surface area contributed by atoms with Crippen LogP contribution in [0.25, 0.3) is 10.9 Å². The van der Waals surface area contributed by atoms with Crippen molar-refractivity contribution in [1.82, 2.24) is 15.3 Å². The van der Waals surface area contributed by atoms with Crippen molar-refractivity contribution in [2.24, 2.45) is 5.92 Å². The molecular formula is C24H27Cl2N5O. The summed E-state index contributed by atoms with van der Waals surface area (Å²) >= 11 is 11.9. The second-order valence-corrected chi connectivity index (χ2v) is 9.30. The van der Waals surface area contributed by atoms with Crippen molar-refractivity contribution < 1.29 is 4.79 Å². The van der Waals surface area contributed by atoms with Crippen LogP contribution in [0.4, 0.5) is 11.8 Å². The molecule has 6 nitrogen and oxygen atoms in total. The van der Waals surface area contributed by atoms with Crippen molar-refractivity contribution in [3.8, 4) is 0 Å². The second-order valence-electron chi connectivity index (χ2n) is 8.48. The number of carbonyl (C=O) groups excluding carboxylic acids is 1. The summed E-state index contributed by atoms with van der Waals surface area (Å²) in [5.41, 5.74) is 1.47. The summed E-state index contributed by atoms with van der Waals surface area (Å²) < 4.78 is 0. The first-order chi connectivity index (χ1) is 15.4. The molecular weight excluding hydrogens is 445 g/mol. The van der Waals surface area contributed by atoms with Crippen molar-refractivity contribution in [3.05, 3.63) is 58.1 Å². The highest BCUT2D eigenvalue weighted by Gasteiger charge is 2.23. The van der Waals surface area contributed by atoms with Crippen LogP contribution >= 0.6 is 23.2 Å². The first-order valence-corrected chi connectivity index (χ1v) is 11.6. The van der Waals surface area contributed by atoms with Crippen LogP contribution in [0.5, 0.6) is 0 Å². The molecule has 0 bridgehead atoms. The molecule has 1 aliphatic rings. The summed E-state index contributed by atoms with van der Waals surface area (Å²) in [5.74, 6) is 1.92. The Morgan fingerprint density at radius 3 is 2.50 bits per heavy atom. The molecule has 32 heavy (non-hydrogen) atoms. The Kier molecular flexibility index (Phi) is 7.01. The lowest BCUT2D eigenvalue weighted by Crippen LogP contribution is -2.34. The van der Waals surface area contributed by atoms with E-state index in [1.54, 1.807) is 18.2 Å². The monoisotopic (exact) mass is 471 g/mol. The standard InChI is InChI=1S/C24H27Cl2N5O/c1-31(2)22-18-5-3-4-6-21(18)29-24(30-22)28-17-10-7-15(8-11-17)14-27-23(32)16-9-12-19(25)20(26)13-16/h3-6,9,12-13,15,17H,7-8,10-11,14H2,1-2H3,(H,27,32)(H,28,29,30)/t15-,17+. The molecule has 1 aliphatic carbocycles. The van der Waals surface area contributed by atoms with Gasteiger partial charge in [-0.2, -0.15) is 4.98 Å². The van der Waals surface area contributed by atoms with Crippen LogP contribution in [-0.4, -0.2) is 42.6 Å². The number of benzene rings is 2. The first kappa shape index (κ1) is 22.6. The molecule has 1 saturated carbocycles. The van der Waals surface area contributed by atoms with Gasteiger partial charge in [0.05, 0.1) is 15.6 Å². The number of amides is 1. The number of hydrogen-bond donors (Lipinski definition) is 2. The fraction of sp³-hybridized carbons (Fsp3) is 0.375. The summed E-state index contributed by atoms with van der Waals surface area (Å²) in [6, 6.07) is 13.3. The van der Waals surface area contributed by atoms with Crippen molar-refractivity contribution in [1.29, 1.82) is 0 Å². The van der Waals surface area contributed by atoms with Crippen molar-refractivity contribution in [3.63, 3.8) is 0 Å². The average molecular weight is 472 g/mol. The van der Waals surface area contributed by atoms with Gasteiger partial charge < -0.3 is 15.5 Å². The van der Waals surface area contributed by atoms with E-state index >= 15 is 0 Å². The van der Waals surface area contributed by atoms with Gasteiger partial charge >= 0.3 is 0 Å². The number of rotatable bonds is 6. The minimum absolute atomic E-state index is 0.121. The maximum atomic E-state index is 12.4. The molecule has 1 fully saturated rings. The molecule has 4 rings (SSSR count). The lowest BCUT2D eigenvalue weighted by atomic mass is 9.86. The number of carbonyl (C=O) groups is 1. The zero-order chi connectivity index (χ0) is 22.7. The van der Waals surface area contributed by atoms with Gasteiger partial charge in [-0.15, -0.1) is 0 Å². The summed E-state index contributed by atoms with van der Waals surface area (Å²) in [6.07, 6.45) is 4.10. The molecule has 2 N–H and O–H groups in total. The number of nitrogens with one attached hydrogen (secondary N) is 2. The molecule has 168 valence electrons. The van der Waals surface area contributed by atoms with E-state index in [4.69, 9.17) is 33.2 Å². The van der Waals surface area contributed by atoms with Crippen LogP contribution in [0.1, 0.15) is 36.0 Å². The Bertz CT molecular complexity index is 1110. The molecule has 0 saturated heterocycles. The number of para-hydroxylation sites is 1. The van der Waals surface area contributed by atoms with Gasteiger partial charge in [-0.05, 0) is 61.9 Å². The molecule has 8 heteroatoms.